The van der Waals surface area contributed by atoms with Crippen LogP contribution in [0, 0.1) is 11.7 Å². The molecule has 2 rings (SSSR count). The third-order valence-electron chi connectivity index (χ3n) is 3.92. The van der Waals surface area contributed by atoms with E-state index in [9.17, 15) is 9.18 Å². The van der Waals surface area contributed by atoms with Gasteiger partial charge >= 0.3 is 6.09 Å². The molecule has 0 spiro atoms. The van der Waals surface area contributed by atoms with E-state index in [4.69, 9.17) is 16.3 Å². The molecule has 6 heteroatoms. The number of nitrogens with one attached hydrogen (secondary N) is 1. The normalized spacial score (nSPS) is 18.5. The van der Waals surface area contributed by atoms with Crippen molar-refractivity contribution in [2.75, 3.05) is 19.6 Å². The van der Waals surface area contributed by atoms with E-state index < -0.39 is 11.4 Å². The summed E-state index contributed by atoms with van der Waals surface area (Å²) >= 11 is 5.68. The highest BCUT2D eigenvalue weighted by molar-refractivity contribution is 6.30. The second-order valence-corrected chi connectivity index (χ2v) is 7.72. The molecule has 1 N–H and O–H groups in total. The number of ether oxygens (including phenoxy) is 1. The van der Waals surface area contributed by atoms with Crippen LogP contribution < -0.4 is 5.32 Å². The minimum absolute atomic E-state index is 0.138. The number of rotatable bonds is 4. The average molecular weight is 357 g/mol. The topological polar surface area (TPSA) is 41.6 Å². The Bertz CT molecular complexity index is 575. The Kier molecular flexibility index (Phi) is 6.47. The molecule has 4 nitrogen and oxygen atoms in total. The predicted octanol–water partition coefficient (Wildman–Crippen LogP) is 4.22. The van der Waals surface area contributed by atoms with Crippen LogP contribution in [-0.2, 0) is 11.3 Å². The smallest absolute Gasteiger partial charge is 0.410 e. The highest BCUT2D eigenvalue weighted by atomic mass is 35.5. The van der Waals surface area contributed by atoms with Crippen LogP contribution in [0.1, 0.15) is 39.2 Å². The summed E-state index contributed by atoms with van der Waals surface area (Å²) in [5.74, 6) is -0.0202. The number of likely N-dealkylation sites (tertiary alicyclic amines) is 1. The van der Waals surface area contributed by atoms with E-state index in [0.29, 0.717) is 19.0 Å². The second-order valence-electron chi connectivity index (χ2n) is 7.31. The number of hydrogen-bond acceptors (Lipinski definition) is 3. The fourth-order valence-electron chi connectivity index (χ4n) is 2.79. The van der Waals surface area contributed by atoms with Gasteiger partial charge in [-0.05, 0) is 63.8 Å². The zero-order valence-corrected chi connectivity index (χ0v) is 15.3. The zero-order chi connectivity index (χ0) is 17.7. The standard InChI is InChI=1S/C18H26ClFN2O2/c1-18(2,3)24-17(23)22-8-4-5-14(12-22)11-21-10-13-6-7-15(19)16(20)9-13/h6-7,9,14,21H,4-5,8,10-12H2,1-3H3. The van der Waals surface area contributed by atoms with Crippen LogP contribution in [0.5, 0.6) is 0 Å². The first-order chi connectivity index (χ1) is 11.2. The summed E-state index contributed by atoms with van der Waals surface area (Å²) in [4.78, 5) is 13.9. The van der Waals surface area contributed by atoms with E-state index in [1.54, 1.807) is 11.0 Å². The van der Waals surface area contributed by atoms with Gasteiger partial charge in [0, 0.05) is 19.6 Å². The number of piperidine rings is 1. The van der Waals surface area contributed by atoms with Crippen LogP contribution >= 0.6 is 11.6 Å². The van der Waals surface area contributed by atoms with Crippen molar-refractivity contribution in [3.8, 4) is 0 Å². The van der Waals surface area contributed by atoms with Crippen molar-refractivity contribution in [2.45, 2.75) is 45.8 Å². The first-order valence-corrected chi connectivity index (χ1v) is 8.75. The van der Waals surface area contributed by atoms with Gasteiger partial charge in [0.25, 0.3) is 0 Å². The fourth-order valence-corrected chi connectivity index (χ4v) is 2.91. The van der Waals surface area contributed by atoms with Crippen molar-refractivity contribution >= 4 is 17.7 Å². The van der Waals surface area contributed by atoms with Gasteiger partial charge in [-0.15, -0.1) is 0 Å². The molecule has 1 atom stereocenters. The Balaban J connectivity index is 1.78. The van der Waals surface area contributed by atoms with Crippen molar-refractivity contribution < 1.29 is 13.9 Å². The molecule has 134 valence electrons. The van der Waals surface area contributed by atoms with Crippen LogP contribution in [0.3, 0.4) is 0 Å². The summed E-state index contributed by atoms with van der Waals surface area (Å²) in [7, 11) is 0. The third-order valence-corrected chi connectivity index (χ3v) is 4.22. The van der Waals surface area contributed by atoms with Gasteiger partial charge in [-0.2, -0.15) is 0 Å². The summed E-state index contributed by atoms with van der Waals surface area (Å²) < 4.78 is 18.9. The van der Waals surface area contributed by atoms with Crippen molar-refractivity contribution in [1.82, 2.24) is 10.2 Å². The third kappa shape index (κ3) is 5.95. The van der Waals surface area contributed by atoms with Crippen molar-refractivity contribution in [3.05, 3.63) is 34.6 Å². The van der Waals surface area contributed by atoms with Crippen molar-refractivity contribution in [2.24, 2.45) is 5.92 Å². The summed E-state index contributed by atoms with van der Waals surface area (Å²) in [6, 6.07) is 4.83. The molecule has 0 aliphatic carbocycles. The number of amides is 1. The number of halogens is 2. The summed E-state index contributed by atoms with van der Waals surface area (Å²) in [6.45, 7) is 8.42. The van der Waals surface area contributed by atoms with Crippen LogP contribution in [-0.4, -0.2) is 36.2 Å². The monoisotopic (exact) mass is 356 g/mol. The molecule has 0 aromatic heterocycles. The van der Waals surface area contributed by atoms with Gasteiger partial charge in [0.1, 0.15) is 11.4 Å². The number of carbonyl (C=O) groups is 1. The molecule has 1 unspecified atom stereocenters. The maximum Gasteiger partial charge on any atom is 0.410 e. The Morgan fingerprint density at radius 1 is 1.46 bits per heavy atom. The van der Waals surface area contributed by atoms with Gasteiger partial charge in [0.05, 0.1) is 5.02 Å². The second kappa shape index (κ2) is 8.17. The summed E-state index contributed by atoms with van der Waals surface area (Å²) in [5, 5.41) is 3.48. The lowest BCUT2D eigenvalue weighted by Gasteiger charge is -2.34. The van der Waals surface area contributed by atoms with E-state index in [0.717, 1.165) is 31.5 Å². The summed E-state index contributed by atoms with van der Waals surface area (Å²) in [6.07, 6.45) is 1.80. The maximum absolute atomic E-state index is 13.4. The van der Waals surface area contributed by atoms with Gasteiger partial charge in [-0.3, -0.25) is 0 Å². The molecule has 1 aromatic rings. The molecule has 0 saturated carbocycles. The zero-order valence-electron chi connectivity index (χ0n) is 14.6. The molecule has 1 amide bonds. The molecule has 24 heavy (non-hydrogen) atoms. The number of carbonyl (C=O) groups excluding carboxylic acids is 1. The first kappa shape index (κ1) is 19.0. The lowest BCUT2D eigenvalue weighted by molar-refractivity contribution is 0.0166. The van der Waals surface area contributed by atoms with E-state index in [1.165, 1.54) is 6.07 Å². The quantitative estimate of drug-likeness (QED) is 0.878. The molecule has 1 aromatic carbocycles. The van der Waals surface area contributed by atoms with Gasteiger partial charge in [0.15, 0.2) is 0 Å². The lowest BCUT2D eigenvalue weighted by atomic mass is 9.98. The van der Waals surface area contributed by atoms with Gasteiger partial charge in [-0.25, -0.2) is 9.18 Å². The highest BCUT2D eigenvalue weighted by Crippen LogP contribution is 2.19. The minimum atomic E-state index is -0.471. The molecule has 0 bridgehead atoms. The Morgan fingerprint density at radius 3 is 2.88 bits per heavy atom. The lowest BCUT2D eigenvalue weighted by Crippen LogP contribution is -2.45. The van der Waals surface area contributed by atoms with Crippen LogP contribution in [0.15, 0.2) is 18.2 Å². The molecular formula is C18H26ClFN2O2. The fraction of sp³-hybridized carbons (Fsp3) is 0.611. The van der Waals surface area contributed by atoms with Crippen molar-refractivity contribution in [3.63, 3.8) is 0 Å². The predicted molar refractivity (Wildman–Crippen MR) is 93.6 cm³/mol. The van der Waals surface area contributed by atoms with E-state index >= 15 is 0 Å². The molecule has 1 fully saturated rings. The van der Waals surface area contributed by atoms with Crippen LogP contribution in [0.2, 0.25) is 5.02 Å². The average Bonchev–Trinajstić information content (AvgIpc) is 2.49. The summed E-state index contributed by atoms with van der Waals surface area (Å²) in [5.41, 5.74) is 0.387. The molecule has 1 aliphatic heterocycles. The van der Waals surface area contributed by atoms with Gasteiger partial charge < -0.3 is 15.0 Å². The molecule has 0 radical (unpaired) electrons. The Labute approximate surface area is 148 Å². The first-order valence-electron chi connectivity index (χ1n) is 8.37. The van der Waals surface area contributed by atoms with Crippen LogP contribution in [0.4, 0.5) is 9.18 Å². The number of benzene rings is 1. The minimum Gasteiger partial charge on any atom is -0.444 e. The van der Waals surface area contributed by atoms with E-state index in [1.807, 2.05) is 26.8 Å². The molecule has 1 saturated heterocycles. The van der Waals surface area contributed by atoms with E-state index in [2.05, 4.69) is 5.32 Å². The Hall–Kier alpha value is -1.33. The highest BCUT2D eigenvalue weighted by Gasteiger charge is 2.27. The Morgan fingerprint density at radius 2 is 2.21 bits per heavy atom. The van der Waals surface area contributed by atoms with Gasteiger partial charge in [0.2, 0.25) is 0 Å². The molecule has 1 heterocycles. The van der Waals surface area contributed by atoms with E-state index in [-0.39, 0.29) is 11.1 Å². The maximum atomic E-state index is 13.4. The SMILES string of the molecule is CC(C)(C)OC(=O)N1CCCC(CNCc2ccc(Cl)c(F)c2)C1. The van der Waals surface area contributed by atoms with Gasteiger partial charge in [-0.1, -0.05) is 17.7 Å². The largest absolute Gasteiger partial charge is 0.444 e. The van der Waals surface area contributed by atoms with Crippen LogP contribution in [0.25, 0.3) is 0 Å². The number of hydrogen-bond donors (Lipinski definition) is 1. The number of nitrogens with zero attached hydrogens (tertiary/aromatic N) is 1. The molecule has 1 aliphatic rings. The van der Waals surface area contributed by atoms with Crippen molar-refractivity contribution in [1.29, 1.82) is 0 Å². The molecular weight excluding hydrogens is 331 g/mol.